The van der Waals surface area contributed by atoms with Crippen molar-refractivity contribution in [2.24, 2.45) is 0 Å². The van der Waals surface area contributed by atoms with Crippen LogP contribution < -0.4 is 11.1 Å². The Hall–Kier alpha value is -2.81. The summed E-state index contributed by atoms with van der Waals surface area (Å²) < 4.78 is 0. The van der Waals surface area contributed by atoms with E-state index in [-0.39, 0.29) is 11.6 Å². The van der Waals surface area contributed by atoms with Gasteiger partial charge in [0.05, 0.1) is 23.0 Å². The number of nitriles is 1. The van der Waals surface area contributed by atoms with Crippen molar-refractivity contribution >= 4 is 17.3 Å². The first-order chi connectivity index (χ1) is 9.93. The molecular weight excluding hydrogens is 266 g/mol. The third kappa shape index (κ3) is 2.87. The van der Waals surface area contributed by atoms with E-state index in [1.54, 1.807) is 18.2 Å². The van der Waals surface area contributed by atoms with Gasteiger partial charge in [-0.1, -0.05) is 19.9 Å². The molecule has 6 nitrogen and oxygen atoms in total. The van der Waals surface area contributed by atoms with Crippen LogP contribution in [0.3, 0.4) is 0 Å². The van der Waals surface area contributed by atoms with Gasteiger partial charge in [-0.05, 0) is 30.5 Å². The molecule has 0 radical (unpaired) electrons. The van der Waals surface area contributed by atoms with E-state index >= 15 is 0 Å². The van der Waals surface area contributed by atoms with Crippen LogP contribution in [-0.2, 0) is 0 Å². The number of carbonyl (C=O) groups is 1. The smallest absolute Gasteiger partial charge is 0.278 e. The zero-order valence-corrected chi connectivity index (χ0v) is 12.2. The fraction of sp³-hybridized carbons (Fsp3) is 0.267. The fourth-order valence-corrected chi connectivity index (χ4v) is 1.99. The normalized spacial score (nSPS) is 10.4. The van der Waals surface area contributed by atoms with Crippen molar-refractivity contribution in [2.75, 3.05) is 11.1 Å². The lowest BCUT2D eigenvalue weighted by Gasteiger charge is -2.08. The first-order valence-corrected chi connectivity index (χ1v) is 6.60. The van der Waals surface area contributed by atoms with E-state index in [2.05, 4.69) is 15.5 Å². The van der Waals surface area contributed by atoms with E-state index in [1.165, 1.54) is 0 Å². The first kappa shape index (κ1) is 14.6. The third-order valence-electron chi connectivity index (χ3n) is 3.24. The molecule has 108 valence electrons. The Morgan fingerprint density at radius 2 is 2.19 bits per heavy atom. The number of aryl methyl sites for hydroxylation is 1. The van der Waals surface area contributed by atoms with Gasteiger partial charge in [0.25, 0.3) is 5.91 Å². The van der Waals surface area contributed by atoms with Gasteiger partial charge in [-0.15, -0.1) is 0 Å². The molecule has 0 spiro atoms. The van der Waals surface area contributed by atoms with Crippen LogP contribution >= 0.6 is 0 Å². The second kappa shape index (κ2) is 5.67. The van der Waals surface area contributed by atoms with Gasteiger partial charge in [-0.25, -0.2) is 0 Å². The lowest BCUT2D eigenvalue weighted by molar-refractivity contribution is 0.102. The number of nitrogens with zero attached hydrogens (tertiary/aromatic N) is 2. The molecule has 0 fully saturated rings. The molecule has 0 aliphatic rings. The van der Waals surface area contributed by atoms with Crippen molar-refractivity contribution in [3.05, 3.63) is 40.7 Å². The maximum absolute atomic E-state index is 12.3. The highest BCUT2D eigenvalue weighted by Gasteiger charge is 2.19. The molecule has 0 aliphatic carbocycles. The summed E-state index contributed by atoms with van der Waals surface area (Å²) >= 11 is 0. The van der Waals surface area contributed by atoms with E-state index in [4.69, 9.17) is 11.0 Å². The average Bonchev–Trinajstić information content (AvgIpc) is 2.83. The van der Waals surface area contributed by atoms with Crippen LogP contribution in [0, 0.1) is 18.3 Å². The summed E-state index contributed by atoms with van der Waals surface area (Å²) in [6, 6.07) is 7.14. The van der Waals surface area contributed by atoms with Gasteiger partial charge in [0.2, 0.25) is 0 Å². The predicted molar refractivity (Wildman–Crippen MR) is 80.9 cm³/mol. The number of anilines is 2. The van der Waals surface area contributed by atoms with Crippen molar-refractivity contribution in [1.29, 1.82) is 5.26 Å². The van der Waals surface area contributed by atoms with E-state index in [0.717, 1.165) is 11.3 Å². The number of H-pyrrole nitrogens is 1. The Morgan fingerprint density at radius 3 is 2.76 bits per heavy atom. The summed E-state index contributed by atoms with van der Waals surface area (Å²) in [6.45, 7) is 5.78. The van der Waals surface area contributed by atoms with Gasteiger partial charge in [0.1, 0.15) is 0 Å². The molecule has 1 aromatic heterocycles. The Kier molecular flexibility index (Phi) is 3.94. The number of amides is 1. The summed E-state index contributed by atoms with van der Waals surface area (Å²) in [5.74, 6) is -0.239. The van der Waals surface area contributed by atoms with Crippen molar-refractivity contribution in [3.63, 3.8) is 0 Å². The Balaban J connectivity index is 2.29. The summed E-state index contributed by atoms with van der Waals surface area (Å²) in [4.78, 5) is 12.3. The largest absolute Gasteiger partial charge is 0.395 e. The minimum Gasteiger partial charge on any atom is -0.395 e. The molecule has 6 heteroatoms. The van der Waals surface area contributed by atoms with Gasteiger partial charge >= 0.3 is 0 Å². The van der Waals surface area contributed by atoms with Crippen LogP contribution in [0.2, 0.25) is 0 Å². The summed E-state index contributed by atoms with van der Waals surface area (Å²) in [5.41, 5.74) is 9.13. The topological polar surface area (TPSA) is 108 Å². The molecular formula is C15H17N5O. The van der Waals surface area contributed by atoms with Gasteiger partial charge in [0.15, 0.2) is 5.69 Å². The Labute approximate surface area is 123 Å². The predicted octanol–water partition coefficient (Wildman–Crippen LogP) is 2.55. The third-order valence-corrected chi connectivity index (χ3v) is 3.24. The number of nitrogens with one attached hydrogen (secondary N) is 2. The van der Waals surface area contributed by atoms with Gasteiger partial charge in [-0.2, -0.15) is 10.4 Å². The van der Waals surface area contributed by atoms with Gasteiger partial charge < -0.3 is 11.1 Å². The number of benzene rings is 1. The minimum atomic E-state index is -0.395. The summed E-state index contributed by atoms with van der Waals surface area (Å²) in [5, 5.41) is 18.4. The number of aromatic nitrogens is 2. The molecule has 0 unspecified atom stereocenters. The van der Waals surface area contributed by atoms with E-state index in [9.17, 15) is 4.79 Å². The van der Waals surface area contributed by atoms with Crippen LogP contribution in [0.15, 0.2) is 18.2 Å². The molecule has 0 saturated carbocycles. The molecule has 1 heterocycles. The summed E-state index contributed by atoms with van der Waals surface area (Å²) in [6.07, 6.45) is 0. The maximum Gasteiger partial charge on any atom is 0.278 e. The molecule has 0 saturated heterocycles. The van der Waals surface area contributed by atoms with Crippen molar-refractivity contribution in [3.8, 4) is 6.07 Å². The molecule has 2 rings (SSSR count). The van der Waals surface area contributed by atoms with Crippen molar-refractivity contribution < 1.29 is 4.79 Å². The van der Waals surface area contributed by atoms with Crippen LogP contribution in [-0.4, -0.2) is 16.1 Å². The number of nitrogens with two attached hydrogens (primary N) is 1. The fourth-order valence-electron chi connectivity index (χ4n) is 1.99. The molecule has 0 bridgehead atoms. The standard InChI is InChI=1S/C15H17N5O/c1-8(2)13-12(17)14(20-19-13)15(21)18-11-6-10(7-16)5-4-9(11)3/h4-6,8H,17H2,1-3H3,(H,18,21)(H,19,20). The number of hydrogen-bond donors (Lipinski definition) is 3. The second-order valence-electron chi connectivity index (χ2n) is 5.15. The number of nitrogen functional groups attached to an aromatic ring is 1. The van der Waals surface area contributed by atoms with Crippen molar-refractivity contribution in [1.82, 2.24) is 10.2 Å². The lowest BCUT2D eigenvalue weighted by atomic mass is 10.1. The number of rotatable bonds is 3. The SMILES string of the molecule is Cc1ccc(C#N)cc1NC(=O)c1n[nH]c(C(C)C)c1N. The monoisotopic (exact) mass is 283 g/mol. The molecule has 1 aromatic carbocycles. The van der Waals surface area contributed by atoms with Crippen molar-refractivity contribution in [2.45, 2.75) is 26.7 Å². The Morgan fingerprint density at radius 1 is 1.48 bits per heavy atom. The zero-order valence-electron chi connectivity index (χ0n) is 12.2. The highest BCUT2D eigenvalue weighted by Crippen LogP contribution is 2.23. The molecule has 0 atom stereocenters. The highest BCUT2D eigenvalue weighted by molar-refractivity contribution is 6.07. The number of hydrogen-bond acceptors (Lipinski definition) is 4. The second-order valence-corrected chi connectivity index (χ2v) is 5.15. The molecule has 1 amide bonds. The minimum absolute atomic E-state index is 0.155. The Bertz CT molecular complexity index is 724. The van der Waals surface area contributed by atoms with E-state index in [1.807, 2.05) is 26.8 Å². The molecule has 21 heavy (non-hydrogen) atoms. The van der Waals surface area contributed by atoms with Crippen LogP contribution in [0.25, 0.3) is 0 Å². The van der Waals surface area contributed by atoms with Gasteiger partial charge in [-0.3, -0.25) is 9.89 Å². The number of aromatic amines is 1. The lowest BCUT2D eigenvalue weighted by Crippen LogP contribution is -2.15. The average molecular weight is 283 g/mol. The molecule has 2 aromatic rings. The van der Waals surface area contributed by atoms with Crippen LogP contribution in [0.5, 0.6) is 0 Å². The zero-order chi connectivity index (χ0) is 15.6. The number of carbonyl (C=O) groups excluding carboxylic acids is 1. The van der Waals surface area contributed by atoms with E-state index in [0.29, 0.717) is 16.9 Å². The summed E-state index contributed by atoms with van der Waals surface area (Å²) in [7, 11) is 0. The first-order valence-electron chi connectivity index (χ1n) is 6.60. The van der Waals surface area contributed by atoms with Crippen LogP contribution in [0.4, 0.5) is 11.4 Å². The molecule has 4 N–H and O–H groups in total. The van der Waals surface area contributed by atoms with E-state index < -0.39 is 5.91 Å². The maximum atomic E-state index is 12.3. The highest BCUT2D eigenvalue weighted by atomic mass is 16.2. The van der Waals surface area contributed by atoms with Crippen LogP contribution in [0.1, 0.15) is 47.1 Å². The van der Waals surface area contributed by atoms with Gasteiger partial charge in [0, 0.05) is 5.69 Å². The quantitative estimate of drug-likeness (QED) is 0.804. The molecule has 0 aliphatic heterocycles.